The molecule has 0 heteroatoms. The summed E-state index contributed by atoms with van der Waals surface area (Å²) in [7, 11) is 0. The molecule has 0 bridgehead atoms. The van der Waals surface area contributed by atoms with Crippen LogP contribution in [0.1, 0.15) is 86.5 Å². The van der Waals surface area contributed by atoms with E-state index in [1.165, 1.54) is 89.9 Å². The Balaban J connectivity index is 1.56. The summed E-state index contributed by atoms with van der Waals surface area (Å²) in [4.78, 5) is 0. The molecule has 1 aliphatic rings. The van der Waals surface area contributed by atoms with Gasteiger partial charge in [0.1, 0.15) is 0 Å². The van der Waals surface area contributed by atoms with Gasteiger partial charge in [-0.1, -0.05) is 87.1 Å². The van der Waals surface area contributed by atoms with Crippen molar-refractivity contribution in [1.29, 1.82) is 0 Å². The van der Waals surface area contributed by atoms with Crippen LogP contribution in [0.3, 0.4) is 0 Å². The summed E-state index contributed by atoms with van der Waals surface area (Å²) < 4.78 is 0. The molecule has 26 heavy (non-hydrogen) atoms. The van der Waals surface area contributed by atoms with Crippen molar-refractivity contribution in [2.24, 2.45) is 0 Å². The maximum atomic E-state index is 2.37. The Morgan fingerprint density at radius 3 is 0.808 bits per heavy atom. The van der Waals surface area contributed by atoms with Crippen molar-refractivity contribution in [2.75, 3.05) is 0 Å². The second-order valence-electron chi connectivity index (χ2n) is 8.07. The summed E-state index contributed by atoms with van der Waals surface area (Å²) in [5, 5.41) is 0. The van der Waals surface area contributed by atoms with Crippen LogP contribution in [0.5, 0.6) is 0 Å². The van der Waals surface area contributed by atoms with Crippen LogP contribution in [0.15, 0.2) is 48.5 Å². The minimum atomic E-state index is 1.28. The minimum absolute atomic E-state index is 1.28. The summed E-state index contributed by atoms with van der Waals surface area (Å²) >= 11 is 0. The van der Waals surface area contributed by atoms with Gasteiger partial charge in [-0.25, -0.2) is 0 Å². The fourth-order valence-corrected chi connectivity index (χ4v) is 4.41. The Hall–Kier alpha value is -1.56. The van der Waals surface area contributed by atoms with Gasteiger partial charge in [0.2, 0.25) is 0 Å². The number of rotatable bonds is 0. The normalized spacial score (nSPS) is 18.2. The Labute approximate surface area is 161 Å². The zero-order chi connectivity index (χ0) is 17.9. The average Bonchev–Trinajstić information content (AvgIpc) is 2.68. The average molecular weight is 349 g/mol. The highest BCUT2D eigenvalue weighted by Crippen LogP contribution is 2.20. The highest BCUT2D eigenvalue weighted by molar-refractivity contribution is 5.28. The van der Waals surface area contributed by atoms with Gasteiger partial charge in [0.15, 0.2) is 0 Å². The predicted octanol–water partition coefficient (Wildman–Crippen LogP) is 7.47. The molecule has 1 aliphatic carbocycles. The van der Waals surface area contributed by atoms with Gasteiger partial charge in [-0.3, -0.25) is 0 Å². The molecule has 2 aromatic rings. The lowest BCUT2D eigenvalue weighted by molar-refractivity contribution is 0.596. The topological polar surface area (TPSA) is 0 Å². The van der Waals surface area contributed by atoms with Crippen molar-refractivity contribution < 1.29 is 0 Å². The van der Waals surface area contributed by atoms with Crippen LogP contribution >= 0.6 is 0 Å². The first kappa shape index (κ1) is 19.2. The summed E-state index contributed by atoms with van der Waals surface area (Å²) in [6.45, 7) is 0. The van der Waals surface area contributed by atoms with E-state index < -0.39 is 0 Å². The molecule has 0 saturated heterocycles. The molecule has 2 aromatic carbocycles. The molecule has 0 amide bonds. The molecule has 0 nitrogen and oxygen atoms in total. The second-order valence-corrected chi connectivity index (χ2v) is 8.07. The molecule has 0 saturated carbocycles. The summed E-state index contributed by atoms with van der Waals surface area (Å²) in [5.41, 5.74) is 6.45. The van der Waals surface area contributed by atoms with Crippen LogP contribution in [0.2, 0.25) is 0 Å². The molecule has 0 atom stereocenters. The second kappa shape index (κ2) is 11.2. The van der Waals surface area contributed by atoms with Crippen LogP contribution in [-0.4, -0.2) is 0 Å². The third-order valence-electron chi connectivity index (χ3n) is 6.02. The first-order valence-electron chi connectivity index (χ1n) is 11.1. The van der Waals surface area contributed by atoms with E-state index in [2.05, 4.69) is 48.5 Å². The van der Waals surface area contributed by atoms with Crippen molar-refractivity contribution >= 4 is 0 Å². The molecule has 3 rings (SSSR count). The molecule has 0 heterocycles. The van der Waals surface area contributed by atoms with Crippen molar-refractivity contribution in [1.82, 2.24) is 0 Å². The number of fused-ring (bicyclic) bond motifs is 2. The van der Waals surface area contributed by atoms with E-state index in [4.69, 9.17) is 0 Å². The van der Waals surface area contributed by atoms with Crippen molar-refractivity contribution in [3.63, 3.8) is 0 Å². The SMILES string of the molecule is c1ccc2c(c1)CCCCCCCc1ccccc1CCCCCCC2. The van der Waals surface area contributed by atoms with Gasteiger partial charge in [0.25, 0.3) is 0 Å². The van der Waals surface area contributed by atoms with Gasteiger partial charge in [-0.15, -0.1) is 0 Å². The molecule has 0 N–H and O–H groups in total. The van der Waals surface area contributed by atoms with Gasteiger partial charge >= 0.3 is 0 Å². The monoisotopic (exact) mass is 348 g/mol. The number of hydrogen-bond donors (Lipinski definition) is 0. The van der Waals surface area contributed by atoms with Gasteiger partial charge < -0.3 is 0 Å². The van der Waals surface area contributed by atoms with E-state index in [-0.39, 0.29) is 0 Å². The smallest absolute Gasteiger partial charge is 0.0276 e. The van der Waals surface area contributed by atoms with Gasteiger partial charge in [-0.05, 0) is 73.6 Å². The number of hydrogen-bond acceptors (Lipinski definition) is 0. The third-order valence-corrected chi connectivity index (χ3v) is 6.02. The molecule has 0 unspecified atom stereocenters. The molecule has 0 aliphatic heterocycles. The Morgan fingerprint density at radius 1 is 0.308 bits per heavy atom. The molecule has 0 aromatic heterocycles. The van der Waals surface area contributed by atoms with Crippen LogP contribution in [0.25, 0.3) is 0 Å². The lowest BCUT2D eigenvalue weighted by Gasteiger charge is -2.12. The van der Waals surface area contributed by atoms with Crippen molar-refractivity contribution in [2.45, 2.75) is 89.9 Å². The molecular formula is C26H36. The highest BCUT2D eigenvalue weighted by Gasteiger charge is 2.05. The summed E-state index contributed by atoms with van der Waals surface area (Å²) in [6.07, 6.45) is 18.9. The molecular weight excluding hydrogens is 312 g/mol. The Kier molecular flexibility index (Phi) is 8.29. The number of aryl methyl sites for hydroxylation is 4. The zero-order valence-corrected chi connectivity index (χ0v) is 16.5. The standard InChI is InChI=1S/C26H36/c1-3-7-15-23-19-11-13-21-25(23)17-9-5-2-6-10-18-26-22-14-12-20-24(26)16-8-4-1/h11-14,19-22H,1-10,15-18H2. The fourth-order valence-electron chi connectivity index (χ4n) is 4.41. The summed E-state index contributed by atoms with van der Waals surface area (Å²) in [6, 6.07) is 18.4. The third kappa shape index (κ3) is 6.31. The fraction of sp³-hybridized carbons (Fsp3) is 0.538. The maximum Gasteiger partial charge on any atom is -0.0276 e. The molecule has 0 spiro atoms. The maximum absolute atomic E-state index is 2.37. The van der Waals surface area contributed by atoms with Gasteiger partial charge in [0.05, 0.1) is 0 Å². The van der Waals surface area contributed by atoms with Crippen LogP contribution in [0, 0.1) is 0 Å². The van der Waals surface area contributed by atoms with Gasteiger partial charge in [-0.2, -0.15) is 0 Å². The van der Waals surface area contributed by atoms with E-state index in [1.807, 2.05) is 0 Å². The first-order chi connectivity index (χ1) is 12.9. The van der Waals surface area contributed by atoms with E-state index >= 15 is 0 Å². The molecule has 0 fully saturated rings. The van der Waals surface area contributed by atoms with Crippen LogP contribution in [0.4, 0.5) is 0 Å². The van der Waals surface area contributed by atoms with Crippen LogP contribution < -0.4 is 0 Å². The molecule has 140 valence electrons. The molecule has 0 radical (unpaired) electrons. The van der Waals surface area contributed by atoms with E-state index in [9.17, 15) is 0 Å². The Morgan fingerprint density at radius 2 is 0.538 bits per heavy atom. The zero-order valence-electron chi connectivity index (χ0n) is 16.5. The van der Waals surface area contributed by atoms with Gasteiger partial charge in [0, 0.05) is 0 Å². The lowest BCUT2D eigenvalue weighted by atomic mass is 9.94. The van der Waals surface area contributed by atoms with Crippen molar-refractivity contribution in [3.05, 3.63) is 70.8 Å². The quantitative estimate of drug-likeness (QED) is 0.463. The van der Waals surface area contributed by atoms with E-state index in [0.717, 1.165) is 0 Å². The first-order valence-corrected chi connectivity index (χ1v) is 11.1. The largest absolute Gasteiger partial charge is 0.0620 e. The van der Waals surface area contributed by atoms with Crippen molar-refractivity contribution in [3.8, 4) is 0 Å². The lowest BCUT2D eigenvalue weighted by Crippen LogP contribution is -1.97. The highest BCUT2D eigenvalue weighted by atomic mass is 14.1. The van der Waals surface area contributed by atoms with E-state index in [0.29, 0.717) is 0 Å². The summed E-state index contributed by atoms with van der Waals surface area (Å²) in [5.74, 6) is 0. The van der Waals surface area contributed by atoms with E-state index in [1.54, 1.807) is 22.3 Å². The Bertz CT molecular complexity index is 528. The van der Waals surface area contributed by atoms with Crippen LogP contribution in [-0.2, 0) is 25.7 Å². The minimum Gasteiger partial charge on any atom is -0.0620 e. The number of benzene rings is 2. The predicted molar refractivity (Wildman–Crippen MR) is 114 cm³/mol.